The van der Waals surface area contributed by atoms with Gasteiger partial charge in [0.1, 0.15) is 5.82 Å². The first-order valence-electron chi connectivity index (χ1n) is 6.52. The number of pyridine rings is 1. The summed E-state index contributed by atoms with van der Waals surface area (Å²) in [4.78, 5) is 17.8. The van der Waals surface area contributed by atoms with Gasteiger partial charge in [-0.05, 0) is 19.3 Å². The van der Waals surface area contributed by atoms with Crippen LogP contribution in [0.5, 0.6) is 0 Å². The molecule has 0 atom stereocenters. The van der Waals surface area contributed by atoms with Crippen LogP contribution in [0, 0.1) is 0 Å². The van der Waals surface area contributed by atoms with Crippen LogP contribution in [-0.4, -0.2) is 29.1 Å². The predicted octanol–water partition coefficient (Wildman–Crippen LogP) is 2.92. The molecule has 4 heteroatoms. The molecule has 0 spiro atoms. The van der Waals surface area contributed by atoms with Gasteiger partial charge in [-0.15, -0.1) is 0 Å². The van der Waals surface area contributed by atoms with Gasteiger partial charge in [-0.1, -0.05) is 24.3 Å². The standard InChI is InChI=1S/C15H16N2O2/c1-17(10-5-4-6-10)14-12-8-3-2-7-11(12)13(9-16-14)15(18)19/h2-3,7-10H,4-6H2,1H3,(H,18,19). The number of carboxylic acid groups (broad SMARTS) is 1. The normalized spacial score (nSPS) is 15.2. The second-order valence-corrected chi connectivity index (χ2v) is 5.04. The summed E-state index contributed by atoms with van der Waals surface area (Å²) in [6, 6.07) is 8.11. The Kier molecular flexibility index (Phi) is 2.85. The smallest absolute Gasteiger partial charge is 0.337 e. The van der Waals surface area contributed by atoms with Crippen LogP contribution in [0.25, 0.3) is 10.8 Å². The fourth-order valence-electron chi connectivity index (χ4n) is 2.58. The molecule has 0 unspecified atom stereocenters. The SMILES string of the molecule is CN(c1ncc(C(=O)O)c2ccccc12)C1CCC1. The van der Waals surface area contributed by atoms with E-state index in [0.29, 0.717) is 6.04 Å². The van der Waals surface area contributed by atoms with Crippen molar-refractivity contribution in [3.8, 4) is 0 Å². The molecule has 1 aromatic carbocycles. The molecule has 1 heterocycles. The molecule has 1 N–H and O–H groups in total. The second kappa shape index (κ2) is 4.53. The van der Waals surface area contributed by atoms with E-state index in [4.69, 9.17) is 0 Å². The first-order valence-corrected chi connectivity index (χ1v) is 6.52. The lowest BCUT2D eigenvalue weighted by Crippen LogP contribution is -2.37. The van der Waals surface area contributed by atoms with Crippen LogP contribution in [0.4, 0.5) is 5.82 Å². The molecule has 0 saturated heterocycles. The summed E-state index contributed by atoms with van der Waals surface area (Å²) < 4.78 is 0. The minimum Gasteiger partial charge on any atom is -0.478 e. The largest absolute Gasteiger partial charge is 0.478 e. The lowest BCUT2D eigenvalue weighted by atomic mass is 9.91. The molecule has 19 heavy (non-hydrogen) atoms. The average Bonchev–Trinajstić information content (AvgIpc) is 2.35. The maximum absolute atomic E-state index is 11.2. The minimum atomic E-state index is -0.929. The van der Waals surface area contributed by atoms with Crippen LogP contribution in [-0.2, 0) is 0 Å². The Bertz CT molecular complexity index is 635. The predicted molar refractivity (Wildman–Crippen MR) is 74.7 cm³/mol. The molecule has 98 valence electrons. The molecule has 4 nitrogen and oxygen atoms in total. The zero-order valence-electron chi connectivity index (χ0n) is 10.8. The fraction of sp³-hybridized carbons (Fsp3) is 0.333. The number of fused-ring (bicyclic) bond motifs is 1. The van der Waals surface area contributed by atoms with Gasteiger partial charge in [-0.3, -0.25) is 0 Å². The molecule has 2 aromatic rings. The number of benzene rings is 1. The summed E-state index contributed by atoms with van der Waals surface area (Å²) in [7, 11) is 2.04. The summed E-state index contributed by atoms with van der Waals surface area (Å²) in [6.07, 6.45) is 5.11. The summed E-state index contributed by atoms with van der Waals surface area (Å²) in [5.74, 6) is -0.0492. The van der Waals surface area contributed by atoms with E-state index in [1.54, 1.807) is 0 Å². The van der Waals surface area contributed by atoms with Gasteiger partial charge < -0.3 is 10.0 Å². The van der Waals surface area contributed by atoms with Crippen molar-refractivity contribution in [1.29, 1.82) is 0 Å². The number of anilines is 1. The highest BCUT2D eigenvalue weighted by Gasteiger charge is 2.25. The van der Waals surface area contributed by atoms with Crippen molar-refractivity contribution in [2.24, 2.45) is 0 Å². The van der Waals surface area contributed by atoms with Crippen molar-refractivity contribution < 1.29 is 9.90 Å². The average molecular weight is 256 g/mol. The summed E-state index contributed by atoms with van der Waals surface area (Å²) in [6.45, 7) is 0. The maximum atomic E-state index is 11.2. The van der Waals surface area contributed by atoms with E-state index in [2.05, 4.69) is 9.88 Å². The number of aromatic nitrogens is 1. The van der Waals surface area contributed by atoms with Crippen molar-refractivity contribution in [1.82, 2.24) is 4.98 Å². The van der Waals surface area contributed by atoms with Crippen LogP contribution in [0.15, 0.2) is 30.5 Å². The minimum absolute atomic E-state index is 0.265. The summed E-state index contributed by atoms with van der Waals surface area (Å²) in [5.41, 5.74) is 0.265. The molecule has 0 amide bonds. The maximum Gasteiger partial charge on any atom is 0.337 e. The molecule has 1 aromatic heterocycles. The van der Waals surface area contributed by atoms with E-state index >= 15 is 0 Å². The third kappa shape index (κ3) is 1.93. The Morgan fingerprint density at radius 1 is 1.32 bits per heavy atom. The van der Waals surface area contributed by atoms with Crippen molar-refractivity contribution in [3.63, 3.8) is 0 Å². The molecule has 0 radical (unpaired) electrons. The zero-order chi connectivity index (χ0) is 13.4. The van der Waals surface area contributed by atoms with Crippen LogP contribution >= 0.6 is 0 Å². The van der Waals surface area contributed by atoms with Gasteiger partial charge in [-0.2, -0.15) is 0 Å². The molecular formula is C15H16N2O2. The zero-order valence-corrected chi connectivity index (χ0v) is 10.8. The Balaban J connectivity index is 2.15. The highest BCUT2D eigenvalue weighted by Crippen LogP contribution is 2.32. The number of nitrogens with zero attached hydrogens (tertiary/aromatic N) is 2. The number of hydrogen-bond acceptors (Lipinski definition) is 3. The van der Waals surface area contributed by atoms with Gasteiger partial charge in [0.25, 0.3) is 0 Å². The number of aromatic carboxylic acids is 1. The topological polar surface area (TPSA) is 53.4 Å². The number of rotatable bonds is 3. The molecule has 1 fully saturated rings. The van der Waals surface area contributed by atoms with Crippen LogP contribution < -0.4 is 4.90 Å². The quantitative estimate of drug-likeness (QED) is 0.917. The van der Waals surface area contributed by atoms with Gasteiger partial charge in [0.2, 0.25) is 0 Å². The number of carboxylic acids is 1. The van der Waals surface area contributed by atoms with Crippen molar-refractivity contribution in [2.45, 2.75) is 25.3 Å². The van der Waals surface area contributed by atoms with Crippen molar-refractivity contribution in [3.05, 3.63) is 36.0 Å². The monoisotopic (exact) mass is 256 g/mol. The molecule has 1 aliphatic carbocycles. The van der Waals surface area contributed by atoms with E-state index < -0.39 is 5.97 Å². The van der Waals surface area contributed by atoms with Gasteiger partial charge in [0, 0.05) is 30.1 Å². The Labute approximate surface area is 111 Å². The van der Waals surface area contributed by atoms with E-state index in [1.165, 1.54) is 25.5 Å². The van der Waals surface area contributed by atoms with Gasteiger partial charge in [-0.25, -0.2) is 9.78 Å². The van der Waals surface area contributed by atoms with E-state index in [-0.39, 0.29) is 5.56 Å². The molecule has 0 bridgehead atoms. The van der Waals surface area contributed by atoms with E-state index in [9.17, 15) is 9.90 Å². The Hall–Kier alpha value is -2.10. The van der Waals surface area contributed by atoms with Crippen LogP contribution in [0.2, 0.25) is 0 Å². The lowest BCUT2D eigenvalue weighted by Gasteiger charge is -2.36. The van der Waals surface area contributed by atoms with Gasteiger partial charge in [0.15, 0.2) is 0 Å². The Morgan fingerprint density at radius 3 is 2.58 bits per heavy atom. The second-order valence-electron chi connectivity index (χ2n) is 5.04. The van der Waals surface area contributed by atoms with Gasteiger partial charge in [0.05, 0.1) is 5.56 Å². The van der Waals surface area contributed by atoms with Gasteiger partial charge >= 0.3 is 5.97 Å². The molecule has 1 saturated carbocycles. The number of carbonyl (C=O) groups is 1. The van der Waals surface area contributed by atoms with E-state index in [0.717, 1.165) is 16.6 Å². The Morgan fingerprint density at radius 2 is 2.00 bits per heavy atom. The molecular weight excluding hydrogens is 240 g/mol. The summed E-state index contributed by atoms with van der Waals surface area (Å²) >= 11 is 0. The van der Waals surface area contributed by atoms with Crippen molar-refractivity contribution in [2.75, 3.05) is 11.9 Å². The van der Waals surface area contributed by atoms with Crippen molar-refractivity contribution >= 4 is 22.6 Å². The molecule has 1 aliphatic rings. The lowest BCUT2D eigenvalue weighted by molar-refractivity contribution is 0.0698. The van der Waals surface area contributed by atoms with Crippen LogP contribution in [0.1, 0.15) is 29.6 Å². The summed E-state index contributed by atoms with van der Waals surface area (Å²) in [5, 5.41) is 10.9. The number of hydrogen-bond donors (Lipinski definition) is 1. The first kappa shape index (κ1) is 12.0. The molecule has 3 rings (SSSR count). The fourth-order valence-corrected chi connectivity index (χ4v) is 2.58. The highest BCUT2D eigenvalue weighted by molar-refractivity contribution is 6.06. The third-order valence-corrected chi connectivity index (χ3v) is 3.96. The van der Waals surface area contributed by atoms with Crippen LogP contribution in [0.3, 0.4) is 0 Å². The first-order chi connectivity index (χ1) is 9.18. The van der Waals surface area contributed by atoms with E-state index in [1.807, 2.05) is 31.3 Å². The third-order valence-electron chi connectivity index (χ3n) is 3.96. The highest BCUT2D eigenvalue weighted by atomic mass is 16.4. The molecule has 0 aliphatic heterocycles.